The number of carbonyl (C=O) groups is 1. The molecule has 0 heterocycles. The molecule has 1 aromatic carbocycles. The van der Waals surface area contributed by atoms with Crippen LogP contribution in [0.5, 0.6) is 0 Å². The molecule has 0 amide bonds. The molecule has 0 radical (unpaired) electrons. The average molecular weight is 226 g/mol. The van der Waals surface area contributed by atoms with Crippen molar-refractivity contribution in [2.45, 2.75) is 33.6 Å². The molecular formula is C16H18O. The van der Waals surface area contributed by atoms with Gasteiger partial charge in [0, 0.05) is 11.5 Å². The zero-order valence-electron chi connectivity index (χ0n) is 10.9. The topological polar surface area (TPSA) is 17.1 Å². The molecule has 1 aromatic rings. The van der Waals surface area contributed by atoms with E-state index in [-0.39, 0.29) is 5.92 Å². The SMILES string of the molecule is CC1=C(C)C(c2ccccc2C=O)C(C)=C1C. The summed E-state index contributed by atoms with van der Waals surface area (Å²) in [6.45, 7) is 8.67. The molecule has 0 saturated carbocycles. The highest BCUT2D eigenvalue weighted by Crippen LogP contribution is 2.43. The van der Waals surface area contributed by atoms with Crippen molar-refractivity contribution in [2.75, 3.05) is 0 Å². The van der Waals surface area contributed by atoms with Crippen LogP contribution in [0.1, 0.15) is 49.5 Å². The van der Waals surface area contributed by atoms with Crippen LogP contribution in [-0.4, -0.2) is 6.29 Å². The van der Waals surface area contributed by atoms with Crippen LogP contribution in [0.3, 0.4) is 0 Å². The quantitative estimate of drug-likeness (QED) is 0.688. The van der Waals surface area contributed by atoms with Gasteiger partial charge < -0.3 is 0 Å². The van der Waals surface area contributed by atoms with E-state index in [0.29, 0.717) is 0 Å². The molecule has 0 saturated heterocycles. The summed E-state index contributed by atoms with van der Waals surface area (Å²) in [4.78, 5) is 11.1. The van der Waals surface area contributed by atoms with Gasteiger partial charge in [-0.05, 0) is 44.4 Å². The zero-order chi connectivity index (χ0) is 12.6. The minimum absolute atomic E-state index is 0.288. The standard InChI is InChI=1S/C16H18O/c1-10-11(2)13(4)16(12(10)3)15-8-6-5-7-14(15)9-17/h5-9,16H,1-4H3. The van der Waals surface area contributed by atoms with Crippen molar-refractivity contribution >= 4 is 6.29 Å². The number of aldehydes is 1. The normalized spacial score (nSPS) is 16.9. The van der Waals surface area contributed by atoms with Crippen LogP contribution in [0.15, 0.2) is 46.6 Å². The zero-order valence-corrected chi connectivity index (χ0v) is 10.9. The fraction of sp³-hybridized carbons (Fsp3) is 0.312. The molecule has 0 fully saturated rings. The van der Waals surface area contributed by atoms with Crippen LogP contribution in [0.4, 0.5) is 0 Å². The molecule has 0 N–H and O–H groups in total. The molecule has 0 spiro atoms. The monoisotopic (exact) mass is 226 g/mol. The fourth-order valence-corrected chi connectivity index (χ4v) is 2.70. The molecule has 2 rings (SSSR count). The Morgan fingerprint density at radius 2 is 1.47 bits per heavy atom. The molecule has 0 bridgehead atoms. The maximum Gasteiger partial charge on any atom is 0.150 e. The minimum Gasteiger partial charge on any atom is -0.298 e. The third-order valence-corrected chi connectivity index (χ3v) is 4.05. The summed E-state index contributed by atoms with van der Waals surface area (Å²) in [7, 11) is 0. The first-order valence-corrected chi connectivity index (χ1v) is 5.97. The Balaban J connectivity index is 2.60. The predicted molar refractivity (Wildman–Crippen MR) is 71.3 cm³/mol. The summed E-state index contributed by atoms with van der Waals surface area (Å²) in [6, 6.07) is 7.88. The van der Waals surface area contributed by atoms with Gasteiger partial charge in [0.1, 0.15) is 6.29 Å². The maximum atomic E-state index is 11.1. The van der Waals surface area contributed by atoms with Gasteiger partial charge in [-0.2, -0.15) is 0 Å². The van der Waals surface area contributed by atoms with Crippen LogP contribution in [0.2, 0.25) is 0 Å². The predicted octanol–water partition coefficient (Wildman–Crippen LogP) is 4.27. The van der Waals surface area contributed by atoms with E-state index < -0.39 is 0 Å². The smallest absolute Gasteiger partial charge is 0.150 e. The van der Waals surface area contributed by atoms with Gasteiger partial charge in [-0.1, -0.05) is 35.4 Å². The van der Waals surface area contributed by atoms with Crippen LogP contribution in [0, 0.1) is 0 Å². The summed E-state index contributed by atoms with van der Waals surface area (Å²) >= 11 is 0. The number of hydrogen-bond acceptors (Lipinski definition) is 1. The Morgan fingerprint density at radius 1 is 0.941 bits per heavy atom. The molecule has 0 aromatic heterocycles. The molecule has 0 aliphatic heterocycles. The van der Waals surface area contributed by atoms with E-state index in [2.05, 4.69) is 33.8 Å². The second kappa shape index (κ2) is 4.33. The van der Waals surface area contributed by atoms with Gasteiger partial charge in [-0.25, -0.2) is 0 Å². The molecule has 1 heteroatoms. The van der Waals surface area contributed by atoms with Crippen LogP contribution in [0.25, 0.3) is 0 Å². The lowest BCUT2D eigenvalue weighted by molar-refractivity contribution is 0.112. The summed E-state index contributed by atoms with van der Waals surface area (Å²) in [5.41, 5.74) is 7.41. The lowest BCUT2D eigenvalue weighted by Gasteiger charge is -2.17. The van der Waals surface area contributed by atoms with Crippen molar-refractivity contribution in [3.63, 3.8) is 0 Å². The highest BCUT2D eigenvalue weighted by molar-refractivity contribution is 5.79. The van der Waals surface area contributed by atoms with E-state index in [1.165, 1.54) is 22.3 Å². The second-order valence-electron chi connectivity index (χ2n) is 4.80. The van der Waals surface area contributed by atoms with Gasteiger partial charge >= 0.3 is 0 Å². The summed E-state index contributed by atoms with van der Waals surface area (Å²) < 4.78 is 0. The number of allylic oxidation sites excluding steroid dienone is 4. The van der Waals surface area contributed by atoms with Crippen LogP contribution < -0.4 is 0 Å². The maximum absolute atomic E-state index is 11.1. The van der Waals surface area contributed by atoms with E-state index >= 15 is 0 Å². The second-order valence-corrected chi connectivity index (χ2v) is 4.80. The van der Waals surface area contributed by atoms with Gasteiger partial charge in [-0.3, -0.25) is 4.79 Å². The largest absolute Gasteiger partial charge is 0.298 e. The van der Waals surface area contributed by atoms with Crippen molar-refractivity contribution in [3.8, 4) is 0 Å². The molecule has 1 aliphatic rings. The summed E-state index contributed by atoms with van der Waals surface area (Å²) in [5.74, 6) is 0.288. The number of carbonyl (C=O) groups excluding carboxylic acids is 1. The van der Waals surface area contributed by atoms with E-state index in [1.807, 2.05) is 18.2 Å². The molecule has 1 nitrogen and oxygen atoms in total. The Kier molecular flexibility index (Phi) is 3.01. The highest BCUT2D eigenvalue weighted by Gasteiger charge is 2.26. The Bertz CT molecular complexity index is 508. The number of benzene rings is 1. The molecule has 0 atom stereocenters. The van der Waals surface area contributed by atoms with E-state index in [9.17, 15) is 4.79 Å². The van der Waals surface area contributed by atoms with Crippen LogP contribution >= 0.6 is 0 Å². The minimum atomic E-state index is 0.288. The lowest BCUT2D eigenvalue weighted by Crippen LogP contribution is -2.03. The first-order valence-electron chi connectivity index (χ1n) is 5.97. The summed E-state index contributed by atoms with van der Waals surface area (Å²) in [6.07, 6.45) is 0.957. The van der Waals surface area contributed by atoms with Crippen molar-refractivity contribution < 1.29 is 4.79 Å². The van der Waals surface area contributed by atoms with E-state index in [0.717, 1.165) is 17.4 Å². The average Bonchev–Trinajstić information content (AvgIpc) is 2.54. The van der Waals surface area contributed by atoms with Crippen molar-refractivity contribution in [2.24, 2.45) is 0 Å². The first kappa shape index (κ1) is 11.8. The van der Waals surface area contributed by atoms with E-state index in [1.54, 1.807) is 0 Å². The molecular weight excluding hydrogens is 208 g/mol. The first-order chi connectivity index (χ1) is 8.07. The third kappa shape index (κ3) is 1.76. The Hall–Kier alpha value is -1.63. The number of hydrogen-bond donors (Lipinski definition) is 0. The summed E-state index contributed by atoms with van der Waals surface area (Å²) in [5, 5.41) is 0. The molecule has 1 aliphatic carbocycles. The highest BCUT2D eigenvalue weighted by atomic mass is 16.1. The van der Waals surface area contributed by atoms with Gasteiger partial charge in [0.2, 0.25) is 0 Å². The van der Waals surface area contributed by atoms with Crippen molar-refractivity contribution in [1.29, 1.82) is 0 Å². The van der Waals surface area contributed by atoms with E-state index in [4.69, 9.17) is 0 Å². The molecule has 17 heavy (non-hydrogen) atoms. The van der Waals surface area contributed by atoms with Crippen molar-refractivity contribution in [1.82, 2.24) is 0 Å². The molecule has 88 valence electrons. The fourth-order valence-electron chi connectivity index (χ4n) is 2.70. The molecule has 0 unspecified atom stereocenters. The van der Waals surface area contributed by atoms with Gasteiger partial charge in [0.05, 0.1) is 0 Å². The number of rotatable bonds is 2. The van der Waals surface area contributed by atoms with Gasteiger partial charge in [0.15, 0.2) is 0 Å². The Morgan fingerprint density at radius 3 is 2.00 bits per heavy atom. The van der Waals surface area contributed by atoms with Gasteiger partial charge in [-0.15, -0.1) is 0 Å². The van der Waals surface area contributed by atoms with Crippen LogP contribution in [-0.2, 0) is 0 Å². The van der Waals surface area contributed by atoms with Crippen molar-refractivity contribution in [3.05, 3.63) is 57.7 Å². The third-order valence-electron chi connectivity index (χ3n) is 4.05. The lowest BCUT2D eigenvalue weighted by atomic mass is 9.86. The Labute approximate surface area is 103 Å². The van der Waals surface area contributed by atoms with Gasteiger partial charge in [0.25, 0.3) is 0 Å².